The van der Waals surface area contributed by atoms with Gasteiger partial charge in [-0.25, -0.2) is 9.59 Å². The van der Waals surface area contributed by atoms with Gasteiger partial charge in [0, 0.05) is 17.8 Å². The average molecular weight is 601 g/mol. The van der Waals surface area contributed by atoms with Crippen LogP contribution >= 0.6 is 12.2 Å². The van der Waals surface area contributed by atoms with Crippen LogP contribution in [0.2, 0.25) is 0 Å². The van der Waals surface area contributed by atoms with Gasteiger partial charge in [0.15, 0.2) is 18.2 Å². The van der Waals surface area contributed by atoms with Crippen molar-refractivity contribution in [2.75, 3.05) is 6.61 Å². The molecule has 12 heteroatoms. The summed E-state index contributed by atoms with van der Waals surface area (Å²) in [4.78, 5) is 32.0. The van der Waals surface area contributed by atoms with Gasteiger partial charge >= 0.3 is 16.6 Å². The number of nitrogens with zero attached hydrogens (tertiary/aromatic N) is 3. The first-order valence-electron chi connectivity index (χ1n) is 13.4. The van der Waals surface area contributed by atoms with Crippen LogP contribution in [-0.2, 0) is 17.9 Å². The molecule has 0 saturated heterocycles. The molecule has 3 aromatic heterocycles. The molecule has 5 rings (SSSR count). The SMILES string of the molecule is C=C/C=C(\C(=C/C)c1noc(=O)[nH]1)c1ccc(Cn2c(OCC)nc3cccc(C(=O)OCc4oc(=S)oc4C)c32)cc1. The van der Waals surface area contributed by atoms with Crippen LogP contribution in [0.5, 0.6) is 6.01 Å². The molecule has 3 heterocycles. The van der Waals surface area contributed by atoms with Crippen molar-refractivity contribution < 1.29 is 27.6 Å². The lowest BCUT2D eigenvalue weighted by molar-refractivity contribution is 0.0446. The number of aromatic nitrogens is 4. The third-order valence-corrected chi connectivity index (χ3v) is 6.73. The number of hydrogen-bond donors (Lipinski definition) is 1. The normalized spacial score (nSPS) is 12.1. The van der Waals surface area contributed by atoms with Crippen molar-refractivity contribution >= 4 is 40.4 Å². The van der Waals surface area contributed by atoms with E-state index in [-0.39, 0.29) is 11.5 Å². The van der Waals surface area contributed by atoms with Gasteiger partial charge in [-0.2, -0.15) is 4.98 Å². The summed E-state index contributed by atoms with van der Waals surface area (Å²) in [5.74, 6) is -0.0896. The lowest BCUT2D eigenvalue weighted by Gasteiger charge is -2.13. The fraction of sp³-hybridized carbons (Fsp3) is 0.194. The molecule has 0 atom stereocenters. The number of rotatable bonds is 11. The standard InChI is InChI=1S/C31H28N4O7S/c1-5-9-22(21(6-2)27-33-30(37)42-34-27)20-14-12-19(13-15-20)16-35-26-23(10-8-11-24(26)32-29(35)38-7-3)28(36)39-17-25-18(4)40-31(43)41-25/h5-6,8-15H,1,7,16-17H2,2-4H3,(H,33,34,37)/b21-6+,22-9-. The summed E-state index contributed by atoms with van der Waals surface area (Å²) in [6.07, 6.45) is 5.33. The van der Waals surface area contributed by atoms with E-state index in [1.54, 1.807) is 25.1 Å². The summed E-state index contributed by atoms with van der Waals surface area (Å²) in [5.41, 5.74) is 4.75. The van der Waals surface area contributed by atoms with E-state index in [4.69, 9.17) is 35.0 Å². The van der Waals surface area contributed by atoms with E-state index in [1.165, 1.54) is 0 Å². The van der Waals surface area contributed by atoms with Crippen LogP contribution in [-0.4, -0.2) is 32.3 Å². The van der Waals surface area contributed by atoms with Gasteiger partial charge in [0.25, 0.3) is 6.01 Å². The highest BCUT2D eigenvalue weighted by Crippen LogP contribution is 2.31. The molecule has 2 aromatic carbocycles. The lowest BCUT2D eigenvalue weighted by atomic mass is 9.95. The molecule has 0 aliphatic carbocycles. The number of nitrogens with one attached hydrogen (secondary N) is 1. The van der Waals surface area contributed by atoms with Crippen molar-refractivity contribution in [2.45, 2.75) is 33.9 Å². The number of carbonyl (C=O) groups excluding carboxylic acids is 1. The molecule has 0 saturated carbocycles. The maximum Gasteiger partial charge on any atom is 0.439 e. The molecule has 220 valence electrons. The number of carbonyl (C=O) groups is 1. The van der Waals surface area contributed by atoms with E-state index >= 15 is 0 Å². The molecule has 0 fully saturated rings. The van der Waals surface area contributed by atoms with Gasteiger partial charge in [-0.15, -0.1) is 0 Å². The molecule has 0 amide bonds. The third-order valence-electron chi connectivity index (χ3n) is 6.56. The van der Waals surface area contributed by atoms with Gasteiger partial charge in [0.2, 0.25) is 0 Å². The molecule has 0 aliphatic heterocycles. The number of hydrogen-bond acceptors (Lipinski definition) is 10. The number of aromatic amines is 1. The van der Waals surface area contributed by atoms with Crippen molar-refractivity contribution in [1.82, 2.24) is 19.7 Å². The molecule has 0 aliphatic rings. The number of imidazole rings is 1. The van der Waals surface area contributed by atoms with E-state index in [1.807, 2.05) is 60.9 Å². The van der Waals surface area contributed by atoms with Crippen molar-refractivity contribution in [3.8, 4) is 6.01 Å². The summed E-state index contributed by atoms with van der Waals surface area (Å²) in [6, 6.07) is 13.4. The fourth-order valence-corrected chi connectivity index (χ4v) is 4.85. The number of aryl methyl sites for hydroxylation is 1. The smallest absolute Gasteiger partial charge is 0.439 e. The number of fused-ring (bicyclic) bond motifs is 1. The Balaban J connectivity index is 1.47. The highest BCUT2D eigenvalue weighted by atomic mass is 32.1. The van der Waals surface area contributed by atoms with Gasteiger partial charge in [0.1, 0.15) is 5.76 Å². The van der Waals surface area contributed by atoms with Gasteiger partial charge in [-0.05, 0) is 49.6 Å². The second-order valence-corrected chi connectivity index (χ2v) is 9.59. The van der Waals surface area contributed by atoms with Crippen molar-refractivity contribution in [3.05, 3.63) is 117 Å². The Labute approximate surface area is 250 Å². The largest absolute Gasteiger partial charge is 0.465 e. The van der Waals surface area contributed by atoms with Gasteiger partial charge in [-0.1, -0.05) is 60.3 Å². The minimum Gasteiger partial charge on any atom is -0.465 e. The summed E-state index contributed by atoms with van der Waals surface area (Å²) in [6.45, 7) is 9.84. The molecule has 5 aromatic rings. The van der Waals surface area contributed by atoms with Gasteiger partial charge in [-0.3, -0.25) is 14.1 Å². The average Bonchev–Trinajstić information content (AvgIpc) is 3.68. The Morgan fingerprint density at radius 3 is 2.58 bits per heavy atom. The number of benzene rings is 2. The zero-order valence-electron chi connectivity index (χ0n) is 23.7. The van der Waals surface area contributed by atoms with Crippen molar-refractivity contribution in [1.29, 1.82) is 0 Å². The number of allylic oxidation sites excluding steroid dienone is 5. The zero-order valence-corrected chi connectivity index (χ0v) is 24.5. The Morgan fingerprint density at radius 2 is 1.95 bits per heavy atom. The molecular weight excluding hydrogens is 572 g/mol. The molecule has 0 radical (unpaired) electrons. The molecular formula is C31H28N4O7S. The molecule has 0 spiro atoms. The summed E-state index contributed by atoms with van der Waals surface area (Å²) >= 11 is 4.91. The monoisotopic (exact) mass is 600 g/mol. The van der Waals surface area contributed by atoms with E-state index in [9.17, 15) is 9.59 Å². The zero-order chi connectivity index (χ0) is 30.5. The predicted molar refractivity (Wildman–Crippen MR) is 161 cm³/mol. The number of ether oxygens (including phenoxy) is 2. The highest BCUT2D eigenvalue weighted by molar-refractivity contribution is 7.71. The van der Waals surface area contributed by atoms with Crippen LogP contribution in [0.4, 0.5) is 0 Å². The minimum absolute atomic E-state index is 0.0294. The van der Waals surface area contributed by atoms with Gasteiger partial charge in [0.05, 0.1) is 29.7 Å². The van der Waals surface area contributed by atoms with Crippen molar-refractivity contribution in [3.63, 3.8) is 0 Å². The summed E-state index contributed by atoms with van der Waals surface area (Å²) in [7, 11) is 0. The molecule has 0 unspecified atom stereocenters. The number of esters is 1. The molecule has 43 heavy (non-hydrogen) atoms. The second kappa shape index (κ2) is 12.7. The summed E-state index contributed by atoms with van der Waals surface area (Å²) < 4.78 is 28.5. The maximum absolute atomic E-state index is 13.3. The van der Waals surface area contributed by atoms with Crippen LogP contribution in [0.3, 0.4) is 0 Å². The Bertz CT molecular complexity index is 1970. The first-order valence-corrected chi connectivity index (χ1v) is 13.8. The highest BCUT2D eigenvalue weighted by Gasteiger charge is 2.22. The van der Waals surface area contributed by atoms with E-state index in [0.29, 0.717) is 58.7 Å². The topological polar surface area (TPSA) is 139 Å². The molecule has 11 nitrogen and oxygen atoms in total. The van der Waals surface area contributed by atoms with E-state index in [2.05, 4.69) is 21.7 Å². The Hall–Kier alpha value is -5.23. The van der Waals surface area contributed by atoms with E-state index in [0.717, 1.165) is 16.7 Å². The summed E-state index contributed by atoms with van der Waals surface area (Å²) in [5, 5.41) is 3.83. The number of H-pyrrole nitrogens is 1. The first kappa shape index (κ1) is 29.3. The third kappa shape index (κ3) is 6.19. The fourth-order valence-electron chi connectivity index (χ4n) is 4.63. The predicted octanol–water partition coefficient (Wildman–Crippen LogP) is 6.41. The van der Waals surface area contributed by atoms with Crippen LogP contribution in [0, 0.1) is 11.8 Å². The number of para-hydroxylation sites is 1. The first-order chi connectivity index (χ1) is 20.8. The van der Waals surface area contributed by atoms with Crippen molar-refractivity contribution in [2.24, 2.45) is 0 Å². The van der Waals surface area contributed by atoms with Crippen LogP contribution in [0.25, 0.3) is 22.2 Å². The van der Waals surface area contributed by atoms with Crippen LogP contribution < -0.4 is 10.5 Å². The van der Waals surface area contributed by atoms with Crippen LogP contribution in [0.1, 0.15) is 52.7 Å². The molecule has 0 bridgehead atoms. The van der Waals surface area contributed by atoms with E-state index < -0.39 is 11.7 Å². The maximum atomic E-state index is 13.3. The quantitative estimate of drug-likeness (QED) is 0.103. The second-order valence-electron chi connectivity index (χ2n) is 9.26. The van der Waals surface area contributed by atoms with Gasteiger partial charge < -0.3 is 18.3 Å². The Morgan fingerprint density at radius 1 is 1.16 bits per heavy atom. The minimum atomic E-state index is -0.638. The molecule has 1 N–H and O–H groups in total. The Kier molecular flexibility index (Phi) is 8.67. The van der Waals surface area contributed by atoms with Crippen LogP contribution in [0.15, 0.2) is 85.4 Å². The lowest BCUT2D eigenvalue weighted by Crippen LogP contribution is -2.10.